The van der Waals surface area contributed by atoms with E-state index in [0.717, 1.165) is 7.35 Å². The molecule has 0 aromatic carbocycles. The van der Waals surface area contributed by atoms with Crippen LogP contribution in [0.2, 0.25) is 7.35 Å². The molecule has 0 radical (unpaired) electrons. The average Bonchev–Trinajstić information content (AvgIpc) is 3.46. The maximum atomic E-state index is 2.42. The summed E-state index contributed by atoms with van der Waals surface area (Å²) in [7, 11) is 0. The zero-order valence-electron chi connectivity index (χ0n) is 18.7. The molecule has 4 rings (SSSR count). The van der Waals surface area contributed by atoms with Gasteiger partial charge in [0.1, 0.15) is 0 Å². The fourth-order valence-corrected chi connectivity index (χ4v) is 26.9. The molecule has 0 nitrogen and oxygen atoms in total. The van der Waals surface area contributed by atoms with Crippen LogP contribution >= 0.6 is 0 Å². The molecule has 0 spiro atoms. The molecule has 0 aromatic rings. The van der Waals surface area contributed by atoms with E-state index in [-0.39, 0.29) is 24.8 Å². The van der Waals surface area contributed by atoms with Gasteiger partial charge in [-0.3, -0.25) is 0 Å². The van der Waals surface area contributed by atoms with Crippen molar-refractivity contribution in [3.8, 4) is 0 Å². The molecule has 30 heavy (non-hydrogen) atoms. The van der Waals surface area contributed by atoms with Crippen LogP contribution in [0.1, 0.15) is 53.4 Å². The van der Waals surface area contributed by atoms with Gasteiger partial charge >= 0.3 is 190 Å². The van der Waals surface area contributed by atoms with Crippen LogP contribution in [-0.4, -0.2) is 0 Å². The molecule has 4 heteroatoms. The summed E-state index contributed by atoms with van der Waals surface area (Å²) < 4.78 is 9.08. The zero-order valence-corrected chi connectivity index (χ0v) is 27.4. The quantitative estimate of drug-likeness (QED) is 0.364. The Morgan fingerprint density at radius 3 is 0.867 bits per heavy atom. The van der Waals surface area contributed by atoms with Gasteiger partial charge in [0.15, 0.2) is 0 Å². The average molecular weight is 774 g/mol. The molecule has 0 unspecified atom stereocenters. The Hall–Kier alpha value is 0.240. The van der Waals surface area contributed by atoms with Crippen molar-refractivity contribution in [2.24, 2.45) is 0 Å². The van der Waals surface area contributed by atoms with Crippen molar-refractivity contribution in [1.82, 2.24) is 0 Å². The first-order valence-corrected chi connectivity index (χ1v) is 22.1. The Morgan fingerprint density at radius 1 is 0.500 bits per heavy atom. The van der Waals surface area contributed by atoms with Crippen LogP contribution in [0.3, 0.4) is 0 Å². The largest absolute Gasteiger partial charge is 1.00 e. The maximum absolute atomic E-state index is 2.42. The van der Waals surface area contributed by atoms with Crippen molar-refractivity contribution in [2.45, 2.75) is 60.7 Å². The van der Waals surface area contributed by atoms with Crippen LogP contribution in [0.25, 0.3) is 0 Å². The van der Waals surface area contributed by atoms with Gasteiger partial charge in [0.2, 0.25) is 0 Å². The molecule has 0 amide bonds. The second kappa shape index (κ2) is 14.4. The molecule has 160 valence electrons. The third-order valence-corrected chi connectivity index (χ3v) is 29.2. The van der Waals surface area contributed by atoms with Crippen LogP contribution in [0.15, 0.2) is 86.2 Å². The van der Waals surface area contributed by atoms with Crippen molar-refractivity contribution in [2.75, 3.05) is 0 Å². The Bertz CT molecular complexity index is 677. The second-order valence-corrected chi connectivity index (χ2v) is 31.9. The van der Waals surface area contributed by atoms with Crippen LogP contribution < -0.4 is 24.8 Å². The van der Waals surface area contributed by atoms with E-state index in [4.69, 9.17) is 0 Å². The minimum absolute atomic E-state index is 0. The molecule has 0 bridgehead atoms. The van der Waals surface area contributed by atoms with Crippen molar-refractivity contribution in [3.63, 3.8) is 0 Å². The van der Waals surface area contributed by atoms with Gasteiger partial charge in [-0.05, 0) is 0 Å². The fourth-order valence-electron chi connectivity index (χ4n) is 4.48. The third kappa shape index (κ3) is 7.68. The standard InChI is InChI=1S/4C5H5.2C3H7.2ClH.2Hf/c4*1-2-4-5-3-1;2*1-3-2;;;;/h4*1-3H,4H2;2*3H,1-2H3;2*1H;;/q;;;;;;;;2*+1/p-2. The Kier molecular flexibility index (Phi) is 13.6. The topological polar surface area (TPSA) is 0 Å². The van der Waals surface area contributed by atoms with E-state index in [1.165, 1.54) is 25.7 Å². The maximum Gasteiger partial charge on any atom is -1.00 e. The van der Waals surface area contributed by atoms with Gasteiger partial charge in [-0.1, -0.05) is 0 Å². The van der Waals surface area contributed by atoms with Crippen LogP contribution in [-0.2, 0) is 42.9 Å². The predicted octanol–water partition coefficient (Wildman–Crippen LogP) is 2.25. The molecule has 0 heterocycles. The molecule has 0 saturated carbocycles. The van der Waals surface area contributed by atoms with E-state index >= 15 is 0 Å². The number of hydrogen-bond donors (Lipinski definition) is 0. The Morgan fingerprint density at radius 2 is 0.733 bits per heavy atom. The first-order valence-electron chi connectivity index (χ1n) is 10.8. The van der Waals surface area contributed by atoms with Gasteiger partial charge in [-0.15, -0.1) is 0 Å². The number of allylic oxidation sites excluding steroid dienone is 16. The summed E-state index contributed by atoms with van der Waals surface area (Å²) in [5.41, 5.74) is 0. The molecule has 0 N–H and O–H groups in total. The van der Waals surface area contributed by atoms with Crippen molar-refractivity contribution in [1.29, 1.82) is 0 Å². The number of hydrogen-bond acceptors (Lipinski definition) is 0. The van der Waals surface area contributed by atoms with Gasteiger partial charge in [-0.2, -0.15) is 0 Å². The molecular formula is C26H34Cl2Hf2. The molecule has 0 aromatic heterocycles. The van der Waals surface area contributed by atoms with Gasteiger partial charge in [0, 0.05) is 0 Å². The van der Waals surface area contributed by atoms with Crippen molar-refractivity contribution in [3.05, 3.63) is 86.2 Å². The summed E-state index contributed by atoms with van der Waals surface area (Å²) >= 11 is -3.21. The number of halogens is 2. The minimum atomic E-state index is -1.60. The smallest absolute Gasteiger partial charge is 1.00 e. The second-order valence-electron chi connectivity index (χ2n) is 8.43. The van der Waals surface area contributed by atoms with Gasteiger partial charge < -0.3 is 24.8 Å². The van der Waals surface area contributed by atoms with E-state index < -0.39 is 42.9 Å². The van der Waals surface area contributed by atoms with E-state index in [1.807, 2.05) is 0 Å². The third-order valence-electron chi connectivity index (χ3n) is 5.62. The normalized spacial score (nSPS) is 17.8. The molecule has 4 aliphatic carbocycles. The summed E-state index contributed by atoms with van der Waals surface area (Å²) in [5.74, 6) is 0. The summed E-state index contributed by atoms with van der Waals surface area (Å²) in [6.45, 7) is 9.67. The Labute approximate surface area is 212 Å². The summed E-state index contributed by atoms with van der Waals surface area (Å²) in [5, 5.41) is 0. The van der Waals surface area contributed by atoms with Crippen LogP contribution in [0.5, 0.6) is 0 Å². The summed E-state index contributed by atoms with van der Waals surface area (Å²) in [4.78, 5) is 0. The first kappa shape index (κ1) is 28.3. The Balaban J connectivity index is 0.000000281. The molecule has 0 aliphatic heterocycles. The van der Waals surface area contributed by atoms with Gasteiger partial charge in [0.05, 0.1) is 0 Å². The van der Waals surface area contributed by atoms with Gasteiger partial charge in [0.25, 0.3) is 0 Å². The van der Waals surface area contributed by atoms with Gasteiger partial charge in [-0.25, -0.2) is 0 Å². The SMILES string of the molecule is C[CH](C)[Hf+]([C]1=CC=CC1)[C]1=CC=CC1.C[CH](C)[Hf+]([C]1=CC=CC1)[C]1=CC=CC1.[Cl-].[Cl-]. The fraction of sp³-hybridized carbons (Fsp3) is 0.385. The monoisotopic (exact) mass is 776 g/mol. The molecular weight excluding hydrogens is 740 g/mol. The first-order chi connectivity index (χ1) is 13.6. The van der Waals surface area contributed by atoms with E-state index in [0.29, 0.717) is 0 Å². The number of rotatable bonds is 6. The van der Waals surface area contributed by atoms with Crippen molar-refractivity contribution < 1.29 is 67.7 Å². The molecule has 0 atom stereocenters. The molecule has 0 fully saturated rings. The van der Waals surface area contributed by atoms with E-state index in [9.17, 15) is 0 Å². The summed E-state index contributed by atoms with van der Waals surface area (Å²) in [6.07, 6.45) is 32.8. The summed E-state index contributed by atoms with van der Waals surface area (Å²) in [6, 6.07) is 0. The molecule has 4 aliphatic rings. The zero-order chi connectivity index (χ0) is 19.9. The van der Waals surface area contributed by atoms with Crippen LogP contribution in [0.4, 0.5) is 0 Å². The molecule has 0 saturated heterocycles. The predicted molar refractivity (Wildman–Crippen MR) is 118 cm³/mol. The van der Waals surface area contributed by atoms with Crippen molar-refractivity contribution >= 4 is 0 Å². The van der Waals surface area contributed by atoms with E-state index in [2.05, 4.69) is 101 Å². The van der Waals surface area contributed by atoms with Crippen LogP contribution in [0, 0.1) is 0 Å². The van der Waals surface area contributed by atoms with E-state index in [1.54, 1.807) is 13.3 Å². The minimum Gasteiger partial charge on any atom is -1.00 e.